The smallest absolute Gasteiger partial charge is 0.134 e. The van der Waals surface area contributed by atoms with Gasteiger partial charge < -0.3 is 20.9 Å². The summed E-state index contributed by atoms with van der Waals surface area (Å²) < 4.78 is 14.4. The van der Waals surface area contributed by atoms with E-state index >= 15 is 0 Å². The van der Waals surface area contributed by atoms with Crippen molar-refractivity contribution in [1.29, 1.82) is 0 Å². The first kappa shape index (κ1) is 39.5. The molecule has 0 bridgehead atoms. The molecular formula is C54H70N2O2. The van der Waals surface area contributed by atoms with Crippen LogP contribution in [0.2, 0.25) is 0 Å². The monoisotopic (exact) mass is 779 g/mol. The van der Waals surface area contributed by atoms with Gasteiger partial charge in [-0.3, -0.25) is 0 Å². The van der Waals surface area contributed by atoms with Crippen LogP contribution < -0.4 is 20.9 Å². The number of nitrogens with two attached hydrogens (primary N) is 2. The molecule has 5 saturated carbocycles. The highest BCUT2D eigenvalue weighted by Gasteiger charge is 2.41. The fraction of sp³-hybridized carbons (Fsp3) is 0.556. The molecule has 0 spiro atoms. The highest BCUT2D eigenvalue weighted by molar-refractivity contribution is 5.59. The molecule has 5 aliphatic rings. The number of benzene rings is 4. The van der Waals surface area contributed by atoms with Crippen LogP contribution in [0.4, 0.5) is 11.4 Å². The maximum Gasteiger partial charge on any atom is 0.134 e. The van der Waals surface area contributed by atoms with E-state index in [1.54, 1.807) is 11.1 Å². The van der Waals surface area contributed by atoms with Gasteiger partial charge in [0.25, 0.3) is 0 Å². The Morgan fingerprint density at radius 3 is 0.931 bits per heavy atom. The Kier molecular flexibility index (Phi) is 12.4. The van der Waals surface area contributed by atoms with Gasteiger partial charge in [-0.2, -0.15) is 0 Å². The first-order valence-electron chi connectivity index (χ1n) is 24.0. The zero-order valence-corrected chi connectivity index (χ0v) is 35.4. The Balaban J connectivity index is 1.25. The molecule has 0 unspecified atom stereocenters. The Labute approximate surface area is 349 Å². The molecule has 4 heteroatoms. The molecule has 4 N–H and O–H groups in total. The molecule has 0 aliphatic heterocycles. The summed E-state index contributed by atoms with van der Waals surface area (Å²) in [6, 6.07) is 27.1. The SMILES string of the molecule is Nc1ccc(Oc2c(C3CCCCC3)cc(C3(c4cc(C5CCCCC5)c(Oc5ccc(N)cc5)c(C5CCCCC5)c4)CCCCC3)cc2C2CCCCC2)cc1. The third kappa shape index (κ3) is 8.55. The van der Waals surface area contributed by atoms with Crippen molar-refractivity contribution in [3.05, 3.63) is 106 Å². The van der Waals surface area contributed by atoms with Crippen LogP contribution in [0.5, 0.6) is 23.0 Å². The van der Waals surface area contributed by atoms with Gasteiger partial charge in [0, 0.05) is 16.8 Å². The van der Waals surface area contributed by atoms with Crippen molar-refractivity contribution in [2.75, 3.05) is 11.5 Å². The largest absolute Gasteiger partial charge is 0.457 e. The fourth-order valence-corrected chi connectivity index (χ4v) is 12.2. The molecular weight excluding hydrogens is 709 g/mol. The van der Waals surface area contributed by atoms with Gasteiger partial charge in [0.1, 0.15) is 23.0 Å². The standard InChI is InChI=1S/C54H70N2O2/c55-44-24-28-46(29-25-44)57-52-48(38-16-6-1-7-17-38)34-42(35-49(52)39-18-8-2-9-19-39)54(32-14-5-15-33-54)43-36-50(40-20-10-3-11-21-40)53(58-47-30-26-45(56)27-31-47)51(37-43)41-22-12-4-13-23-41/h24-31,34-41H,1-23,32-33,55-56H2. The van der Waals surface area contributed by atoms with Crippen LogP contribution in [0.3, 0.4) is 0 Å². The summed E-state index contributed by atoms with van der Waals surface area (Å²) in [4.78, 5) is 0. The average Bonchev–Trinajstić information content (AvgIpc) is 3.29. The molecule has 58 heavy (non-hydrogen) atoms. The van der Waals surface area contributed by atoms with Crippen LogP contribution in [0.25, 0.3) is 0 Å². The average molecular weight is 779 g/mol. The van der Waals surface area contributed by atoms with E-state index in [-0.39, 0.29) is 5.41 Å². The van der Waals surface area contributed by atoms with Crippen molar-refractivity contribution in [3.8, 4) is 23.0 Å². The van der Waals surface area contributed by atoms with Crippen LogP contribution >= 0.6 is 0 Å². The zero-order valence-electron chi connectivity index (χ0n) is 35.4. The van der Waals surface area contributed by atoms with E-state index in [0.29, 0.717) is 23.7 Å². The third-order valence-electron chi connectivity index (χ3n) is 15.5. The van der Waals surface area contributed by atoms with Gasteiger partial charge in [-0.15, -0.1) is 0 Å². The molecule has 0 atom stereocenters. The lowest BCUT2D eigenvalue weighted by atomic mass is 9.62. The van der Waals surface area contributed by atoms with Crippen molar-refractivity contribution >= 4 is 11.4 Å². The second-order valence-electron chi connectivity index (χ2n) is 19.3. The van der Waals surface area contributed by atoms with Gasteiger partial charge in [-0.25, -0.2) is 0 Å². The molecule has 9 rings (SSSR count). The summed E-state index contributed by atoms with van der Waals surface area (Å²) >= 11 is 0. The summed E-state index contributed by atoms with van der Waals surface area (Å²) in [5.74, 6) is 6.31. The second kappa shape index (κ2) is 18.1. The molecule has 0 heterocycles. The molecule has 0 radical (unpaired) electrons. The number of nitrogen functional groups attached to an aromatic ring is 2. The normalized spacial score (nSPS) is 21.4. The molecule has 5 fully saturated rings. The first-order chi connectivity index (χ1) is 28.5. The van der Waals surface area contributed by atoms with Gasteiger partial charge >= 0.3 is 0 Å². The third-order valence-corrected chi connectivity index (χ3v) is 15.5. The van der Waals surface area contributed by atoms with Gasteiger partial charge in [0.2, 0.25) is 0 Å². The molecule has 308 valence electrons. The van der Waals surface area contributed by atoms with Crippen molar-refractivity contribution in [1.82, 2.24) is 0 Å². The highest BCUT2D eigenvalue weighted by atomic mass is 16.5. The molecule has 4 nitrogen and oxygen atoms in total. The Morgan fingerprint density at radius 1 is 0.362 bits per heavy atom. The predicted octanol–water partition coefficient (Wildman–Crippen LogP) is 15.9. The van der Waals surface area contributed by atoms with E-state index in [1.165, 1.54) is 194 Å². The lowest BCUT2D eigenvalue weighted by Gasteiger charge is -2.42. The van der Waals surface area contributed by atoms with E-state index in [9.17, 15) is 0 Å². The Morgan fingerprint density at radius 2 is 0.638 bits per heavy atom. The lowest BCUT2D eigenvalue weighted by Crippen LogP contribution is -2.32. The van der Waals surface area contributed by atoms with E-state index in [0.717, 1.165) is 22.9 Å². The van der Waals surface area contributed by atoms with Crippen molar-refractivity contribution < 1.29 is 9.47 Å². The minimum atomic E-state index is -0.0304. The number of anilines is 2. The summed E-state index contributed by atoms with van der Waals surface area (Å²) in [5.41, 5.74) is 23.0. The topological polar surface area (TPSA) is 70.5 Å². The molecule has 5 aliphatic carbocycles. The van der Waals surface area contributed by atoms with Crippen LogP contribution in [-0.2, 0) is 5.41 Å². The van der Waals surface area contributed by atoms with Crippen LogP contribution in [-0.4, -0.2) is 0 Å². The van der Waals surface area contributed by atoms with Crippen molar-refractivity contribution in [2.45, 2.75) is 190 Å². The zero-order chi connectivity index (χ0) is 39.3. The van der Waals surface area contributed by atoms with Crippen molar-refractivity contribution in [3.63, 3.8) is 0 Å². The summed E-state index contributed by atoms with van der Waals surface area (Å²) in [6.45, 7) is 0. The Hall–Kier alpha value is -3.92. The summed E-state index contributed by atoms with van der Waals surface area (Å²) in [5, 5.41) is 0. The fourth-order valence-electron chi connectivity index (χ4n) is 12.2. The minimum Gasteiger partial charge on any atom is -0.457 e. The van der Waals surface area contributed by atoms with E-state index in [2.05, 4.69) is 48.5 Å². The van der Waals surface area contributed by atoms with Crippen LogP contribution in [0.15, 0.2) is 72.8 Å². The molecule has 4 aromatic rings. The number of hydrogen-bond donors (Lipinski definition) is 2. The van der Waals surface area contributed by atoms with Gasteiger partial charge in [0.15, 0.2) is 0 Å². The van der Waals surface area contributed by atoms with E-state index in [4.69, 9.17) is 20.9 Å². The molecule has 0 amide bonds. The van der Waals surface area contributed by atoms with Gasteiger partial charge in [-0.05, 0) is 170 Å². The Bertz CT molecular complexity index is 1740. The summed E-state index contributed by atoms with van der Waals surface area (Å²) in [6.07, 6.45) is 32.3. The number of ether oxygens (including phenoxy) is 2. The van der Waals surface area contributed by atoms with Gasteiger partial charge in [0.05, 0.1) is 0 Å². The first-order valence-corrected chi connectivity index (χ1v) is 24.0. The molecule has 0 saturated heterocycles. The highest BCUT2D eigenvalue weighted by Crippen LogP contribution is 2.55. The maximum atomic E-state index is 7.18. The van der Waals surface area contributed by atoms with E-state index < -0.39 is 0 Å². The summed E-state index contributed by atoms with van der Waals surface area (Å²) in [7, 11) is 0. The second-order valence-corrected chi connectivity index (χ2v) is 19.3. The van der Waals surface area contributed by atoms with Crippen LogP contribution in [0, 0.1) is 0 Å². The number of rotatable bonds is 10. The minimum absolute atomic E-state index is 0.0304. The van der Waals surface area contributed by atoms with Gasteiger partial charge in [-0.1, -0.05) is 121 Å². The van der Waals surface area contributed by atoms with Crippen LogP contribution in [0.1, 0.15) is 218 Å². The molecule has 0 aromatic heterocycles. The lowest BCUT2D eigenvalue weighted by molar-refractivity contribution is 0.339. The van der Waals surface area contributed by atoms with Crippen molar-refractivity contribution in [2.24, 2.45) is 0 Å². The van der Waals surface area contributed by atoms with E-state index in [1.807, 2.05) is 24.3 Å². The quantitative estimate of drug-likeness (QED) is 0.157. The maximum absolute atomic E-state index is 7.18. The molecule has 4 aromatic carbocycles. The number of hydrogen-bond acceptors (Lipinski definition) is 4. The predicted molar refractivity (Wildman–Crippen MR) is 242 cm³/mol.